The normalized spacial score (nSPS) is 12.5. The molecule has 0 aliphatic carbocycles. The summed E-state index contributed by atoms with van der Waals surface area (Å²) in [6.45, 7) is 0.143. The zero-order valence-corrected chi connectivity index (χ0v) is 21.2. The Morgan fingerprint density at radius 3 is 2.45 bits per heavy atom. The van der Waals surface area contributed by atoms with Crippen molar-refractivity contribution in [2.45, 2.75) is 32.3 Å². The molecular formula is C22H18Cl2F3N7O4. The quantitative estimate of drug-likeness (QED) is 0.264. The number of aliphatic hydroxyl groups excluding tert-OH is 1. The Labute approximate surface area is 222 Å². The number of carbonyl (C=O) groups is 1. The number of alkyl halides is 3. The Morgan fingerprint density at radius 1 is 1.16 bits per heavy atom. The number of esters is 1. The fraction of sp³-hybridized carbons (Fsp3) is 0.273. The van der Waals surface area contributed by atoms with E-state index in [2.05, 4.69) is 20.2 Å². The van der Waals surface area contributed by atoms with Crippen LogP contribution in [0.25, 0.3) is 17.1 Å². The monoisotopic (exact) mass is 571 g/mol. The second kappa shape index (κ2) is 10.6. The van der Waals surface area contributed by atoms with Crippen LogP contribution in [0.5, 0.6) is 0 Å². The van der Waals surface area contributed by atoms with Gasteiger partial charge in [0.05, 0.1) is 13.7 Å². The van der Waals surface area contributed by atoms with Gasteiger partial charge in [0, 0.05) is 16.8 Å². The van der Waals surface area contributed by atoms with Crippen LogP contribution in [0.15, 0.2) is 41.3 Å². The lowest BCUT2D eigenvalue weighted by Crippen LogP contribution is -2.37. The van der Waals surface area contributed by atoms with Crippen molar-refractivity contribution < 1.29 is 27.8 Å². The smallest absolute Gasteiger partial charge is 0.416 e. The van der Waals surface area contributed by atoms with Crippen LogP contribution < -0.4 is 5.69 Å². The fourth-order valence-corrected chi connectivity index (χ4v) is 3.92. The fourth-order valence-electron chi connectivity index (χ4n) is 3.50. The Balaban J connectivity index is 1.81. The van der Waals surface area contributed by atoms with E-state index in [9.17, 15) is 27.9 Å². The van der Waals surface area contributed by atoms with Crippen molar-refractivity contribution in [3.63, 3.8) is 0 Å². The second-order valence-electron chi connectivity index (χ2n) is 7.96. The number of halogens is 5. The lowest BCUT2D eigenvalue weighted by Gasteiger charge is -2.15. The van der Waals surface area contributed by atoms with E-state index in [1.165, 1.54) is 30.5 Å². The van der Waals surface area contributed by atoms with E-state index < -0.39 is 37.0 Å². The Morgan fingerprint density at radius 2 is 1.84 bits per heavy atom. The lowest BCUT2D eigenvalue weighted by atomic mass is 10.2. The van der Waals surface area contributed by atoms with Crippen LogP contribution in [0.1, 0.15) is 22.0 Å². The van der Waals surface area contributed by atoms with E-state index >= 15 is 0 Å². The number of hydrogen-bond donors (Lipinski definition) is 1. The molecule has 0 radical (unpaired) electrons. The minimum Gasteiger partial charge on any atom is -0.463 e. The molecule has 0 aliphatic heterocycles. The largest absolute Gasteiger partial charge is 0.463 e. The highest BCUT2D eigenvalue weighted by atomic mass is 35.5. The van der Waals surface area contributed by atoms with Gasteiger partial charge in [0.2, 0.25) is 5.82 Å². The highest BCUT2D eigenvalue weighted by Gasteiger charge is 2.39. The first-order valence-electron chi connectivity index (χ1n) is 10.7. The number of rotatable bonds is 7. The number of aryl methyl sites for hydroxylation is 1. The Bertz CT molecular complexity index is 1530. The van der Waals surface area contributed by atoms with E-state index in [4.69, 9.17) is 27.9 Å². The number of benzene rings is 1. The van der Waals surface area contributed by atoms with Crippen molar-refractivity contribution in [2.75, 3.05) is 7.11 Å². The Kier molecular flexibility index (Phi) is 7.58. The van der Waals surface area contributed by atoms with E-state index in [1.807, 2.05) is 0 Å². The first-order chi connectivity index (χ1) is 17.9. The van der Waals surface area contributed by atoms with Crippen molar-refractivity contribution in [1.82, 2.24) is 34.1 Å². The molecule has 0 saturated carbocycles. The van der Waals surface area contributed by atoms with Gasteiger partial charge in [-0.05, 0) is 42.8 Å². The summed E-state index contributed by atoms with van der Waals surface area (Å²) in [6, 6.07) is 7.48. The second-order valence-corrected chi connectivity index (χ2v) is 8.76. The van der Waals surface area contributed by atoms with Crippen LogP contribution in [0.4, 0.5) is 13.2 Å². The van der Waals surface area contributed by atoms with Gasteiger partial charge in [0.25, 0.3) is 0 Å². The third kappa shape index (κ3) is 5.42. The van der Waals surface area contributed by atoms with Crippen LogP contribution in [-0.4, -0.2) is 64.6 Å². The molecular weight excluding hydrogens is 554 g/mol. The predicted octanol–water partition coefficient (Wildman–Crippen LogP) is 3.06. The Hall–Kier alpha value is -3.75. The number of pyridine rings is 1. The van der Waals surface area contributed by atoms with Crippen molar-refractivity contribution in [3.8, 4) is 17.1 Å². The first-order valence-corrected chi connectivity index (χ1v) is 11.5. The third-order valence-corrected chi connectivity index (χ3v) is 5.89. The predicted molar refractivity (Wildman–Crippen MR) is 128 cm³/mol. The van der Waals surface area contributed by atoms with Gasteiger partial charge < -0.3 is 9.84 Å². The number of methoxy groups -OCH3 is 1. The number of ether oxygens (including phenoxy) is 1. The first kappa shape index (κ1) is 27.3. The van der Waals surface area contributed by atoms with E-state index in [0.29, 0.717) is 15.2 Å². The van der Waals surface area contributed by atoms with Gasteiger partial charge in [-0.3, -0.25) is 4.57 Å². The zero-order valence-electron chi connectivity index (χ0n) is 19.6. The van der Waals surface area contributed by atoms with Gasteiger partial charge in [-0.25, -0.2) is 28.9 Å². The van der Waals surface area contributed by atoms with Crippen molar-refractivity contribution in [2.24, 2.45) is 0 Å². The average Bonchev–Trinajstić information content (AvgIpc) is 3.40. The standard InChI is InChI=1S/C22H18Cl2F3N7O4/c1-11-7-8-28-17(24)16(11)34-19(20(36)38-2)29-15(30-34)10-33-21(37)32(9-14(35)22(25,26)27)18(31-33)12-3-5-13(23)6-4-12/h3-8,14,35H,9-10H2,1-2H3. The summed E-state index contributed by atoms with van der Waals surface area (Å²) in [5.41, 5.74) is 0.122. The number of carbonyl (C=O) groups excluding carboxylic acids is 1. The van der Waals surface area contributed by atoms with Crippen LogP contribution in [-0.2, 0) is 17.8 Å². The summed E-state index contributed by atoms with van der Waals surface area (Å²) in [5, 5.41) is 18.4. The molecule has 3 heterocycles. The summed E-state index contributed by atoms with van der Waals surface area (Å²) in [5.74, 6) is -1.40. The minimum absolute atomic E-state index is 0.0132. The van der Waals surface area contributed by atoms with Crippen molar-refractivity contribution in [1.29, 1.82) is 0 Å². The van der Waals surface area contributed by atoms with Crippen LogP contribution in [0, 0.1) is 6.92 Å². The van der Waals surface area contributed by atoms with Gasteiger partial charge in [0.15, 0.2) is 22.9 Å². The van der Waals surface area contributed by atoms with E-state index in [0.717, 1.165) is 16.5 Å². The summed E-state index contributed by atoms with van der Waals surface area (Å²) >= 11 is 12.1. The third-order valence-electron chi connectivity index (χ3n) is 5.36. The summed E-state index contributed by atoms with van der Waals surface area (Å²) in [4.78, 5) is 33.7. The molecule has 1 N–H and O–H groups in total. The molecule has 3 aromatic heterocycles. The number of hydrogen-bond acceptors (Lipinski definition) is 8. The topological polar surface area (TPSA) is 130 Å². The number of nitrogens with zero attached hydrogens (tertiary/aromatic N) is 7. The van der Waals surface area contributed by atoms with Crippen LogP contribution in [0.3, 0.4) is 0 Å². The summed E-state index contributed by atoms with van der Waals surface area (Å²) in [7, 11) is 1.13. The minimum atomic E-state index is -4.98. The maximum Gasteiger partial charge on any atom is 0.416 e. The molecule has 1 aromatic carbocycles. The molecule has 0 amide bonds. The van der Waals surface area contributed by atoms with Gasteiger partial charge in [0.1, 0.15) is 12.2 Å². The maximum absolute atomic E-state index is 13.1. The molecule has 0 aliphatic rings. The molecule has 0 spiro atoms. The van der Waals surface area contributed by atoms with E-state index in [1.54, 1.807) is 13.0 Å². The molecule has 0 bridgehead atoms. The van der Waals surface area contributed by atoms with Crippen LogP contribution in [0.2, 0.25) is 10.2 Å². The molecule has 4 rings (SSSR count). The molecule has 38 heavy (non-hydrogen) atoms. The average molecular weight is 572 g/mol. The molecule has 0 saturated heterocycles. The highest BCUT2D eigenvalue weighted by molar-refractivity contribution is 6.31. The molecule has 0 fully saturated rings. The molecule has 200 valence electrons. The van der Waals surface area contributed by atoms with Gasteiger partial charge in [-0.15, -0.1) is 10.2 Å². The molecule has 1 unspecified atom stereocenters. The maximum atomic E-state index is 13.1. The van der Waals surface area contributed by atoms with Gasteiger partial charge in [-0.1, -0.05) is 23.2 Å². The van der Waals surface area contributed by atoms with Crippen LogP contribution >= 0.6 is 23.2 Å². The van der Waals surface area contributed by atoms with Crippen molar-refractivity contribution in [3.05, 3.63) is 74.4 Å². The molecule has 1 atom stereocenters. The lowest BCUT2D eigenvalue weighted by molar-refractivity contribution is -0.207. The summed E-state index contributed by atoms with van der Waals surface area (Å²) < 4.78 is 46.7. The van der Waals surface area contributed by atoms with E-state index in [-0.39, 0.29) is 33.9 Å². The summed E-state index contributed by atoms with van der Waals surface area (Å²) in [6.07, 6.45) is -6.35. The molecule has 16 heteroatoms. The molecule has 11 nitrogen and oxygen atoms in total. The number of aromatic nitrogens is 7. The van der Waals surface area contributed by atoms with Crippen molar-refractivity contribution >= 4 is 29.2 Å². The molecule has 4 aromatic rings. The SMILES string of the molecule is COC(=O)c1nc(Cn2nc(-c3ccc(Cl)cc3)n(CC(O)C(F)(F)F)c2=O)nn1-c1c(C)ccnc1Cl. The highest BCUT2D eigenvalue weighted by Crippen LogP contribution is 2.25. The van der Waals surface area contributed by atoms with Gasteiger partial charge >= 0.3 is 17.8 Å². The number of aliphatic hydroxyl groups is 1. The van der Waals surface area contributed by atoms with Gasteiger partial charge in [-0.2, -0.15) is 13.2 Å². The zero-order chi connectivity index (χ0) is 27.8.